The molecule has 0 amide bonds. The predicted molar refractivity (Wildman–Crippen MR) is 66.1 cm³/mol. The van der Waals surface area contributed by atoms with Crippen molar-refractivity contribution >= 4 is 23.1 Å². The monoisotopic (exact) mass is 252 g/mol. The van der Waals surface area contributed by atoms with Crippen molar-refractivity contribution in [1.82, 2.24) is 0 Å². The van der Waals surface area contributed by atoms with Gasteiger partial charge in [0.05, 0.1) is 12.8 Å². The molecule has 0 bridgehead atoms. The smallest absolute Gasteiger partial charge is 0.143 e. The van der Waals surface area contributed by atoms with Gasteiger partial charge in [0, 0.05) is 11.8 Å². The first-order valence-electron chi connectivity index (χ1n) is 6.44. The first-order chi connectivity index (χ1) is 8.40. The highest BCUT2D eigenvalue weighted by Crippen LogP contribution is 2.31. The summed E-state index contributed by atoms with van der Waals surface area (Å²) in [6.07, 6.45) is 2.69. The first-order valence-corrected chi connectivity index (χ1v) is 6.44. The van der Waals surface area contributed by atoms with E-state index in [0.717, 1.165) is 0 Å². The number of hydrogen-bond acceptors (Lipinski definition) is 4. The lowest BCUT2D eigenvalue weighted by molar-refractivity contribution is -0.133. The van der Waals surface area contributed by atoms with E-state index >= 15 is 0 Å². The largest absolute Gasteiger partial charge is 0.300 e. The second-order valence-electron chi connectivity index (χ2n) is 5.24. The van der Waals surface area contributed by atoms with Crippen molar-refractivity contribution in [3.05, 3.63) is 0 Å². The third kappa shape index (κ3) is 4.51. The Balaban J connectivity index is 2.41. The molecule has 0 aromatic heterocycles. The molecule has 1 rings (SSSR count). The molecule has 1 aliphatic carbocycles. The Hall–Kier alpha value is -1.32. The predicted octanol–water partition coefficient (Wildman–Crippen LogP) is 1.89. The van der Waals surface area contributed by atoms with E-state index in [0.29, 0.717) is 25.7 Å². The molecule has 18 heavy (non-hydrogen) atoms. The van der Waals surface area contributed by atoms with Crippen LogP contribution in [0.25, 0.3) is 0 Å². The molecule has 0 radical (unpaired) electrons. The fraction of sp³-hybridized carbons (Fsp3) is 0.714. The topological polar surface area (TPSA) is 68.3 Å². The Morgan fingerprint density at radius 2 is 1.00 bits per heavy atom. The number of carbonyl (C=O) groups excluding carboxylic acids is 4. The Morgan fingerprint density at radius 3 is 1.22 bits per heavy atom. The van der Waals surface area contributed by atoms with Crippen LogP contribution in [0.3, 0.4) is 0 Å². The van der Waals surface area contributed by atoms with Crippen LogP contribution in [0.15, 0.2) is 0 Å². The van der Waals surface area contributed by atoms with Crippen molar-refractivity contribution in [3.63, 3.8) is 0 Å². The van der Waals surface area contributed by atoms with Gasteiger partial charge in [-0.15, -0.1) is 0 Å². The summed E-state index contributed by atoms with van der Waals surface area (Å²) in [5, 5.41) is 0. The molecule has 0 N–H and O–H groups in total. The SMILES string of the molecule is CC(=O)CC(=O)C1CCC(C(=O)CC(C)=O)CC1. The molecule has 1 fully saturated rings. The van der Waals surface area contributed by atoms with Crippen molar-refractivity contribution in [3.8, 4) is 0 Å². The summed E-state index contributed by atoms with van der Waals surface area (Å²) in [7, 11) is 0. The second kappa shape index (κ2) is 6.57. The lowest BCUT2D eigenvalue weighted by Crippen LogP contribution is -2.27. The van der Waals surface area contributed by atoms with Crippen molar-refractivity contribution in [2.45, 2.75) is 52.4 Å². The van der Waals surface area contributed by atoms with Crippen LogP contribution in [-0.2, 0) is 19.2 Å². The van der Waals surface area contributed by atoms with Crippen molar-refractivity contribution in [2.24, 2.45) is 11.8 Å². The lowest BCUT2D eigenvalue weighted by atomic mass is 9.77. The fourth-order valence-electron chi connectivity index (χ4n) is 2.52. The molecule has 4 heteroatoms. The Kier molecular flexibility index (Phi) is 5.38. The maximum absolute atomic E-state index is 11.7. The van der Waals surface area contributed by atoms with Crippen molar-refractivity contribution in [1.29, 1.82) is 0 Å². The van der Waals surface area contributed by atoms with E-state index in [-0.39, 0.29) is 47.8 Å². The summed E-state index contributed by atoms with van der Waals surface area (Å²) in [6.45, 7) is 2.83. The zero-order valence-corrected chi connectivity index (χ0v) is 11.0. The summed E-state index contributed by atoms with van der Waals surface area (Å²) in [5.74, 6) is -0.352. The van der Waals surface area contributed by atoms with Crippen LogP contribution in [0.4, 0.5) is 0 Å². The molecule has 0 aliphatic heterocycles. The zero-order valence-electron chi connectivity index (χ0n) is 11.0. The quantitative estimate of drug-likeness (QED) is 0.677. The number of ketones is 4. The highest BCUT2D eigenvalue weighted by atomic mass is 16.2. The van der Waals surface area contributed by atoms with E-state index in [4.69, 9.17) is 0 Å². The summed E-state index contributed by atoms with van der Waals surface area (Å²) in [6, 6.07) is 0. The molecule has 0 spiro atoms. The second-order valence-corrected chi connectivity index (χ2v) is 5.24. The minimum absolute atomic E-state index is 0.0000307. The van der Waals surface area contributed by atoms with Crippen LogP contribution >= 0.6 is 0 Å². The van der Waals surface area contributed by atoms with Gasteiger partial charge in [-0.25, -0.2) is 0 Å². The van der Waals surface area contributed by atoms with Gasteiger partial charge in [-0.2, -0.15) is 0 Å². The molecule has 0 saturated heterocycles. The van der Waals surface area contributed by atoms with Gasteiger partial charge in [-0.3, -0.25) is 19.2 Å². The van der Waals surface area contributed by atoms with Crippen LogP contribution < -0.4 is 0 Å². The molecule has 0 atom stereocenters. The number of rotatable bonds is 6. The Labute approximate surface area is 107 Å². The summed E-state index contributed by atoms with van der Waals surface area (Å²) in [5.41, 5.74) is 0. The summed E-state index contributed by atoms with van der Waals surface area (Å²) < 4.78 is 0. The maximum atomic E-state index is 11.7. The van der Waals surface area contributed by atoms with Gasteiger partial charge < -0.3 is 0 Å². The minimum Gasteiger partial charge on any atom is -0.300 e. The van der Waals surface area contributed by atoms with Crippen LogP contribution in [0.1, 0.15) is 52.4 Å². The highest BCUT2D eigenvalue weighted by Gasteiger charge is 2.30. The van der Waals surface area contributed by atoms with Crippen LogP contribution in [0.2, 0.25) is 0 Å². The van der Waals surface area contributed by atoms with Gasteiger partial charge in [0.1, 0.15) is 23.1 Å². The minimum atomic E-state index is -0.102. The molecule has 0 heterocycles. The van der Waals surface area contributed by atoms with Crippen molar-refractivity contribution < 1.29 is 19.2 Å². The van der Waals surface area contributed by atoms with Crippen LogP contribution in [0, 0.1) is 11.8 Å². The molecule has 1 aliphatic rings. The van der Waals surface area contributed by atoms with Gasteiger partial charge in [0.2, 0.25) is 0 Å². The van der Waals surface area contributed by atoms with Gasteiger partial charge in [0.25, 0.3) is 0 Å². The van der Waals surface area contributed by atoms with Crippen LogP contribution in [0.5, 0.6) is 0 Å². The first kappa shape index (κ1) is 14.7. The van der Waals surface area contributed by atoms with Gasteiger partial charge >= 0.3 is 0 Å². The Morgan fingerprint density at radius 1 is 0.722 bits per heavy atom. The molecule has 100 valence electrons. The summed E-state index contributed by atoms with van der Waals surface area (Å²) >= 11 is 0. The van der Waals surface area contributed by atoms with E-state index in [9.17, 15) is 19.2 Å². The standard InChI is InChI=1S/C14H20O4/c1-9(15)7-13(17)11-3-5-12(6-4-11)14(18)8-10(2)16/h11-12H,3-8H2,1-2H3. The van der Waals surface area contributed by atoms with E-state index in [1.54, 1.807) is 0 Å². The van der Waals surface area contributed by atoms with Crippen LogP contribution in [-0.4, -0.2) is 23.1 Å². The average Bonchev–Trinajstić information content (AvgIpc) is 2.27. The Bertz CT molecular complexity index is 326. The van der Waals surface area contributed by atoms with Gasteiger partial charge in [0.15, 0.2) is 0 Å². The van der Waals surface area contributed by atoms with Gasteiger partial charge in [-0.05, 0) is 39.5 Å². The number of carbonyl (C=O) groups is 4. The van der Waals surface area contributed by atoms with Gasteiger partial charge in [-0.1, -0.05) is 0 Å². The average molecular weight is 252 g/mol. The molecule has 0 aromatic carbocycles. The molecular formula is C14H20O4. The maximum Gasteiger partial charge on any atom is 0.143 e. The molecule has 0 unspecified atom stereocenters. The van der Waals surface area contributed by atoms with E-state index < -0.39 is 0 Å². The van der Waals surface area contributed by atoms with E-state index in [1.807, 2.05) is 0 Å². The number of hydrogen-bond donors (Lipinski definition) is 0. The highest BCUT2D eigenvalue weighted by molar-refractivity contribution is 6.00. The molecule has 1 saturated carbocycles. The summed E-state index contributed by atoms with van der Waals surface area (Å²) in [4.78, 5) is 45.2. The fourth-order valence-corrected chi connectivity index (χ4v) is 2.52. The van der Waals surface area contributed by atoms with E-state index in [2.05, 4.69) is 0 Å². The zero-order chi connectivity index (χ0) is 13.7. The molecule has 4 nitrogen and oxygen atoms in total. The lowest BCUT2D eigenvalue weighted by Gasteiger charge is -2.26. The molecule has 0 aromatic rings. The number of Topliss-reactive ketones (excluding diaryl/α,β-unsaturated/α-hetero) is 4. The normalized spacial score (nSPS) is 23.4. The van der Waals surface area contributed by atoms with E-state index in [1.165, 1.54) is 13.8 Å². The third-order valence-corrected chi connectivity index (χ3v) is 3.48. The third-order valence-electron chi connectivity index (χ3n) is 3.48. The molecular weight excluding hydrogens is 232 g/mol. The van der Waals surface area contributed by atoms with Crippen molar-refractivity contribution in [2.75, 3.05) is 0 Å².